The number of halogens is 1. The molecule has 0 aliphatic heterocycles. The van der Waals surface area contributed by atoms with Crippen LogP contribution in [0.15, 0.2) is 101 Å². The molecule has 0 amide bonds. The predicted molar refractivity (Wildman–Crippen MR) is 152 cm³/mol. The molecular weight excluding hydrogens is 599 g/mol. The molecule has 9 heteroatoms. The van der Waals surface area contributed by atoms with Gasteiger partial charge in [-0.2, -0.15) is 0 Å². The molecule has 0 bridgehead atoms. The second-order valence-corrected chi connectivity index (χ2v) is 9.40. The number of nitrogens with zero attached hydrogens (tertiary/aromatic N) is 1. The minimum absolute atomic E-state index is 0.0391. The molecule has 0 spiro atoms. The fourth-order valence-electron chi connectivity index (χ4n) is 3.63. The van der Waals surface area contributed by atoms with Crippen LogP contribution in [0.5, 0.6) is 5.75 Å². The Balaban J connectivity index is 1.37. The number of hydrogen-bond acceptors (Lipinski definition) is 6. The lowest BCUT2D eigenvalue weighted by Gasteiger charge is -2.17. The average molecular weight is 626 g/mol. The van der Waals surface area contributed by atoms with Crippen molar-refractivity contribution >= 4 is 28.6 Å². The predicted octanol–water partition coefficient (Wildman–Crippen LogP) is 4.34. The highest BCUT2D eigenvalue weighted by atomic mass is 127. The van der Waals surface area contributed by atoms with Crippen LogP contribution >= 0.6 is 22.6 Å². The zero-order valence-corrected chi connectivity index (χ0v) is 22.7. The molecule has 0 radical (unpaired) electrons. The fourth-order valence-corrected chi connectivity index (χ4v) is 4.14. The van der Waals surface area contributed by atoms with Crippen molar-refractivity contribution in [2.45, 2.75) is 25.9 Å². The topological polar surface area (TPSA) is 99.6 Å². The normalized spacial score (nSPS) is 11.6. The Morgan fingerprint density at radius 2 is 1.63 bits per heavy atom. The summed E-state index contributed by atoms with van der Waals surface area (Å²) in [5.41, 5.74) is 1.76. The van der Waals surface area contributed by atoms with Crippen LogP contribution < -0.4 is 16.0 Å². The average Bonchev–Trinajstić information content (AvgIpc) is 2.95. The molecule has 3 aromatic carbocycles. The number of benzene rings is 3. The number of aromatic amines is 1. The van der Waals surface area contributed by atoms with Gasteiger partial charge in [0.2, 0.25) is 0 Å². The molecule has 0 fully saturated rings. The number of carbonyl (C=O) groups excluding carboxylic acids is 1. The first-order chi connectivity index (χ1) is 18.5. The number of esters is 1. The molecule has 1 heterocycles. The van der Waals surface area contributed by atoms with E-state index in [1.54, 1.807) is 24.3 Å². The highest BCUT2D eigenvalue weighted by Crippen LogP contribution is 2.17. The molecular formula is C29H27IN2O6. The van der Waals surface area contributed by atoms with E-state index in [0.717, 1.165) is 11.1 Å². The Labute approximate surface area is 233 Å². The minimum atomic E-state index is -0.577. The number of ether oxygens (including phenoxy) is 3. The maximum Gasteiger partial charge on any atom is 0.338 e. The standard InChI is InChI=1S/C29H27IN2O6/c30-16-26(19-37-28(34)23-11-5-2-6-12-23)38-20-32-17-24(27(33)31-29(32)35)14-22-10-7-13-25(15-22)36-18-21-8-3-1-4-9-21/h1-13,15,17,26H,14,16,18-20H2,(H,31,33,35). The Kier molecular flexibility index (Phi) is 9.88. The van der Waals surface area contributed by atoms with Crippen LogP contribution in [-0.2, 0) is 29.2 Å². The quantitative estimate of drug-likeness (QED) is 0.143. The molecule has 1 aromatic heterocycles. The van der Waals surface area contributed by atoms with E-state index in [4.69, 9.17) is 14.2 Å². The van der Waals surface area contributed by atoms with Crippen LogP contribution in [0, 0.1) is 0 Å². The summed E-state index contributed by atoms with van der Waals surface area (Å²) in [4.78, 5) is 39.4. The van der Waals surface area contributed by atoms with Crippen molar-refractivity contribution in [1.82, 2.24) is 9.55 Å². The summed E-state index contributed by atoms with van der Waals surface area (Å²) in [6.07, 6.45) is 1.38. The number of alkyl halides is 1. The number of rotatable bonds is 12. The number of carbonyl (C=O) groups is 1. The first-order valence-electron chi connectivity index (χ1n) is 12.0. The summed E-state index contributed by atoms with van der Waals surface area (Å²) in [5.74, 6) is 0.247. The van der Waals surface area contributed by atoms with Gasteiger partial charge in [-0.05, 0) is 35.4 Å². The van der Waals surface area contributed by atoms with Crippen LogP contribution in [-0.4, -0.2) is 32.7 Å². The van der Waals surface area contributed by atoms with Gasteiger partial charge < -0.3 is 14.2 Å². The second-order valence-electron chi connectivity index (χ2n) is 8.52. The van der Waals surface area contributed by atoms with E-state index in [2.05, 4.69) is 27.6 Å². The molecule has 0 saturated carbocycles. The van der Waals surface area contributed by atoms with Crippen LogP contribution in [0.25, 0.3) is 0 Å². The molecule has 0 aliphatic carbocycles. The van der Waals surface area contributed by atoms with Crippen molar-refractivity contribution in [2.75, 3.05) is 11.0 Å². The molecule has 1 N–H and O–H groups in total. The molecule has 8 nitrogen and oxygen atoms in total. The molecule has 38 heavy (non-hydrogen) atoms. The molecule has 196 valence electrons. The van der Waals surface area contributed by atoms with Gasteiger partial charge in [0.1, 0.15) is 31.8 Å². The Morgan fingerprint density at radius 3 is 2.37 bits per heavy atom. The van der Waals surface area contributed by atoms with E-state index < -0.39 is 23.3 Å². The lowest BCUT2D eigenvalue weighted by Crippen LogP contribution is -2.34. The molecule has 1 atom stereocenters. The van der Waals surface area contributed by atoms with E-state index >= 15 is 0 Å². The Bertz CT molecular complexity index is 1450. The van der Waals surface area contributed by atoms with Crippen molar-refractivity contribution in [2.24, 2.45) is 0 Å². The molecule has 0 aliphatic rings. The second kappa shape index (κ2) is 13.7. The van der Waals surface area contributed by atoms with Gasteiger partial charge in [-0.3, -0.25) is 14.3 Å². The summed E-state index contributed by atoms with van der Waals surface area (Å²) in [6, 6.07) is 26.0. The largest absolute Gasteiger partial charge is 0.489 e. The summed E-state index contributed by atoms with van der Waals surface area (Å²) >= 11 is 2.13. The lowest BCUT2D eigenvalue weighted by atomic mass is 10.1. The highest BCUT2D eigenvalue weighted by Gasteiger charge is 2.14. The third-order valence-electron chi connectivity index (χ3n) is 5.66. The van der Waals surface area contributed by atoms with Gasteiger partial charge in [0, 0.05) is 22.6 Å². The number of hydrogen-bond donors (Lipinski definition) is 1. The van der Waals surface area contributed by atoms with Crippen LogP contribution in [0.1, 0.15) is 27.0 Å². The number of aromatic nitrogens is 2. The third kappa shape index (κ3) is 7.90. The molecule has 4 rings (SSSR count). The zero-order valence-electron chi connectivity index (χ0n) is 20.5. The maximum absolute atomic E-state index is 12.5. The minimum Gasteiger partial charge on any atom is -0.489 e. The summed E-state index contributed by atoms with van der Waals surface area (Å²) in [6.45, 7) is 0.378. The van der Waals surface area contributed by atoms with Gasteiger partial charge in [-0.1, -0.05) is 83.3 Å². The van der Waals surface area contributed by atoms with Gasteiger partial charge in [0.05, 0.1) is 5.56 Å². The Morgan fingerprint density at radius 1 is 0.921 bits per heavy atom. The number of H-pyrrole nitrogens is 1. The number of nitrogens with one attached hydrogen (secondary N) is 1. The van der Waals surface area contributed by atoms with E-state index in [-0.39, 0.29) is 13.3 Å². The van der Waals surface area contributed by atoms with Crippen molar-refractivity contribution < 1.29 is 19.0 Å². The van der Waals surface area contributed by atoms with Crippen molar-refractivity contribution in [3.8, 4) is 5.75 Å². The Hall–Kier alpha value is -3.70. The summed E-state index contributed by atoms with van der Waals surface area (Å²) < 4.78 is 18.9. The van der Waals surface area contributed by atoms with Gasteiger partial charge in [0.25, 0.3) is 5.56 Å². The van der Waals surface area contributed by atoms with Gasteiger partial charge in [-0.25, -0.2) is 9.59 Å². The van der Waals surface area contributed by atoms with Crippen LogP contribution in [0.4, 0.5) is 0 Å². The first-order valence-corrected chi connectivity index (χ1v) is 13.5. The van der Waals surface area contributed by atoms with Gasteiger partial charge in [0.15, 0.2) is 0 Å². The smallest absolute Gasteiger partial charge is 0.338 e. The molecule has 1 unspecified atom stereocenters. The van der Waals surface area contributed by atoms with Gasteiger partial charge in [-0.15, -0.1) is 0 Å². The van der Waals surface area contributed by atoms with Crippen molar-refractivity contribution in [3.63, 3.8) is 0 Å². The van der Waals surface area contributed by atoms with E-state index in [1.165, 1.54) is 10.8 Å². The molecule has 4 aromatic rings. The monoisotopic (exact) mass is 626 g/mol. The van der Waals surface area contributed by atoms with E-state index in [0.29, 0.717) is 34.3 Å². The lowest BCUT2D eigenvalue weighted by molar-refractivity contribution is -0.0237. The summed E-state index contributed by atoms with van der Waals surface area (Å²) in [7, 11) is 0. The van der Waals surface area contributed by atoms with Crippen molar-refractivity contribution in [1.29, 1.82) is 0 Å². The molecule has 0 saturated heterocycles. The zero-order chi connectivity index (χ0) is 26.7. The van der Waals surface area contributed by atoms with E-state index in [9.17, 15) is 14.4 Å². The summed E-state index contributed by atoms with van der Waals surface area (Å²) in [5, 5.41) is 0. The van der Waals surface area contributed by atoms with Gasteiger partial charge >= 0.3 is 11.7 Å². The fraction of sp³-hybridized carbons (Fsp3) is 0.207. The van der Waals surface area contributed by atoms with Crippen LogP contribution in [0.3, 0.4) is 0 Å². The third-order valence-corrected chi connectivity index (χ3v) is 6.64. The first kappa shape index (κ1) is 27.3. The van der Waals surface area contributed by atoms with Crippen molar-refractivity contribution in [3.05, 3.63) is 134 Å². The highest BCUT2D eigenvalue weighted by molar-refractivity contribution is 14.1. The SMILES string of the molecule is O=C(OCC(CI)OCn1cc(Cc2cccc(OCc3ccccc3)c2)c(=O)[nH]c1=O)c1ccccc1. The van der Waals surface area contributed by atoms with E-state index in [1.807, 2.05) is 60.7 Å². The van der Waals surface area contributed by atoms with Crippen LogP contribution in [0.2, 0.25) is 0 Å². The maximum atomic E-state index is 12.5.